The summed E-state index contributed by atoms with van der Waals surface area (Å²) < 4.78 is 24.9. The van der Waals surface area contributed by atoms with Gasteiger partial charge in [-0.3, -0.25) is 0 Å². The van der Waals surface area contributed by atoms with Gasteiger partial charge in [-0.2, -0.15) is 5.26 Å². The van der Waals surface area contributed by atoms with Crippen LogP contribution in [-0.4, -0.2) is 17.7 Å². The third-order valence-corrected chi connectivity index (χ3v) is 4.76. The van der Waals surface area contributed by atoms with E-state index in [4.69, 9.17) is 26.2 Å². The minimum Gasteiger partial charge on any atom is -0.490 e. The number of ether oxygens (including phenoxy) is 2. The Kier molecular flexibility index (Phi) is 7.48. The molecule has 0 saturated heterocycles. The van der Waals surface area contributed by atoms with Gasteiger partial charge in [0.15, 0.2) is 11.5 Å². The van der Waals surface area contributed by atoms with Gasteiger partial charge in [-0.15, -0.1) is 0 Å². The molecule has 0 aliphatic carbocycles. The van der Waals surface area contributed by atoms with Crippen molar-refractivity contribution in [1.82, 2.24) is 0 Å². The molecular formula is C25H19ClFNO4. The summed E-state index contributed by atoms with van der Waals surface area (Å²) in [7, 11) is 0. The molecule has 5 nitrogen and oxygen atoms in total. The van der Waals surface area contributed by atoms with Crippen molar-refractivity contribution in [2.24, 2.45) is 0 Å². The topological polar surface area (TPSA) is 79.5 Å². The molecule has 3 aromatic carbocycles. The number of carboxylic acids is 1. The quantitative estimate of drug-likeness (QED) is 0.325. The van der Waals surface area contributed by atoms with Crippen LogP contribution in [0.5, 0.6) is 11.5 Å². The van der Waals surface area contributed by atoms with E-state index >= 15 is 0 Å². The van der Waals surface area contributed by atoms with Crippen LogP contribution in [0, 0.1) is 17.1 Å². The molecule has 3 aromatic rings. The van der Waals surface area contributed by atoms with Crippen molar-refractivity contribution in [3.8, 4) is 17.6 Å². The Bertz CT molecular complexity index is 1200. The number of rotatable bonds is 8. The Morgan fingerprint density at radius 3 is 2.47 bits per heavy atom. The average Bonchev–Trinajstić information content (AvgIpc) is 2.77. The van der Waals surface area contributed by atoms with E-state index in [1.165, 1.54) is 24.3 Å². The van der Waals surface area contributed by atoms with E-state index in [-0.39, 0.29) is 23.0 Å². The van der Waals surface area contributed by atoms with Crippen LogP contribution in [0.2, 0.25) is 5.02 Å². The summed E-state index contributed by atoms with van der Waals surface area (Å²) in [5.41, 5.74) is 2.28. The lowest BCUT2D eigenvalue weighted by atomic mass is 10.0. The molecule has 162 valence electrons. The van der Waals surface area contributed by atoms with Gasteiger partial charge in [0.25, 0.3) is 0 Å². The molecule has 3 rings (SSSR count). The molecule has 1 N–H and O–H groups in total. The second kappa shape index (κ2) is 10.5. The fourth-order valence-corrected chi connectivity index (χ4v) is 3.27. The molecule has 0 fully saturated rings. The van der Waals surface area contributed by atoms with Gasteiger partial charge in [-0.05, 0) is 66.1 Å². The molecule has 0 spiro atoms. The molecule has 0 bridgehead atoms. The van der Waals surface area contributed by atoms with Gasteiger partial charge < -0.3 is 14.6 Å². The Balaban J connectivity index is 1.91. The smallest absolute Gasteiger partial charge is 0.335 e. The maximum atomic E-state index is 13.4. The van der Waals surface area contributed by atoms with Crippen molar-refractivity contribution in [1.29, 1.82) is 5.26 Å². The van der Waals surface area contributed by atoms with Crippen LogP contribution < -0.4 is 9.47 Å². The lowest BCUT2D eigenvalue weighted by Crippen LogP contribution is -2.01. The number of halogens is 2. The zero-order valence-electron chi connectivity index (χ0n) is 17.1. The van der Waals surface area contributed by atoms with Crippen molar-refractivity contribution >= 4 is 29.2 Å². The summed E-state index contributed by atoms with van der Waals surface area (Å²) >= 11 is 6.44. The SMILES string of the molecule is CCOc1cc(C=C(C#N)c2ccc(C(=O)O)cc2)cc(Cl)c1OCc1cccc(F)c1. The maximum Gasteiger partial charge on any atom is 0.335 e. The molecule has 0 aliphatic rings. The highest BCUT2D eigenvalue weighted by Gasteiger charge is 2.14. The molecular weight excluding hydrogens is 433 g/mol. The van der Waals surface area contributed by atoms with Crippen LogP contribution in [0.4, 0.5) is 4.39 Å². The van der Waals surface area contributed by atoms with E-state index in [1.54, 1.807) is 42.5 Å². The normalized spacial score (nSPS) is 11.0. The highest BCUT2D eigenvalue weighted by Crippen LogP contribution is 2.38. The summed E-state index contributed by atoms with van der Waals surface area (Å²) in [6, 6.07) is 17.5. The van der Waals surface area contributed by atoms with Crippen LogP contribution >= 0.6 is 11.6 Å². The molecule has 0 atom stereocenters. The molecule has 32 heavy (non-hydrogen) atoms. The van der Waals surface area contributed by atoms with Gasteiger partial charge in [0.1, 0.15) is 12.4 Å². The fraction of sp³-hybridized carbons (Fsp3) is 0.120. The van der Waals surface area contributed by atoms with Crippen LogP contribution in [0.15, 0.2) is 60.7 Å². The summed E-state index contributed by atoms with van der Waals surface area (Å²) in [6.45, 7) is 2.28. The van der Waals surface area contributed by atoms with E-state index < -0.39 is 5.97 Å². The van der Waals surface area contributed by atoms with Crippen molar-refractivity contribution in [3.05, 3.63) is 93.8 Å². The van der Waals surface area contributed by atoms with Crippen LogP contribution in [0.3, 0.4) is 0 Å². The van der Waals surface area contributed by atoms with Crippen LogP contribution in [0.1, 0.15) is 34.0 Å². The third kappa shape index (κ3) is 5.65. The largest absolute Gasteiger partial charge is 0.490 e. The van der Waals surface area contributed by atoms with E-state index in [2.05, 4.69) is 6.07 Å². The van der Waals surface area contributed by atoms with Crippen LogP contribution in [-0.2, 0) is 6.61 Å². The van der Waals surface area contributed by atoms with E-state index in [9.17, 15) is 14.4 Å². The molecule has 0 aromatic heterocycles. The Morgan fingerprint density at radius 2 is 1.84 bits per heavy atom. The number of allylic oxidation sites excluding steroid dienone is 1. The van der Waals surface area contributed by atoms with Gasteiger partial charge >= 0.3 is 5.97 Å². The summed E-state index contributed by atoms with van der Waals surface area (Å²) in [4.78, 5) is 11.0. The first-order valence-corrected chi connectivity index (χ1v) is 10.1. The number of benzene rings is 3. The number of carbonyl (C=O) groups is 1. The highest BCUT2D eigenvalue weighted by molar-refractivity contribution is 6.32. The van der Waals surface area contributed by atoms with Gasteiger partial charge in [-0.1, -0.05) is 35.9 Å². The number of nitriles is 1. The molecule has 0 saturated carbocycles. The summed E-state index contributed by atoms with van der Waals surface area (Å²) in [6.07, 6.45) is 1.63. The molecule has 0 aliphatic heterocycles. The van der Waals surface area contributed by atoms with Gasteiger partial charge in [-0.25, -0.2) is 9.18 Å². The minimum absolute atomic E-state index is 0.103. The maximum absolute atomic E-state index is 13.4. The fourth-order valence-electron chi connectivity index (χ4n) is 3.00. The third-order valence-electron chi connectivity index (χ3n) is 4.48. The molecule has 0 heterocycles. The van der Waals surface area contributed by atoms with E-state index in [1.807, 2.05) is 6.92 Å². The molecule has 0 amide bonds. The standard InChI is InChI=1S/C25H19ClFNO4/c1-2-31-23-13-17(10-20(14-28)18-6-8-19(9-7-18)25(29)30)12-22(26)24(23)32-15-16-4-3-5-21(27)11-16/h3-13H,2,15H2,1H3,(H,29,30). The lowest BCUT2D eigenvalue weighted by molar-refractivity contribution is 0.0697. The second-order valence-electron chi connectivity index (χ2n) is 6.73. The van der Waals surface area contributed by atoms with Gasteiger partial charge in [0, 0.05) is 0 Å². The van der Waals surface area contributed by atoms with Crippen molar-refractivity contribution in [2.45, 2.75) is 13.5 Å². The Morgan fingerprint density at radius 1 is 1.12 bits per heavy atom. The number of hydrogen-bond acceptors (Lipinski definition) is 4. The van der Waals surface area contributed by atoms with Crippen molar-refractivity contribution in [3.63, 3.8) is 0 Å². The first-order chi connectivity index (χ1) is 15.4. The Hall–Kier alpha value is -3.82. The van der Waals surface area contributed by atoms with Crippen molar-refractivity contribution in [2.75, 3.05) is 6.61 Å². The number of aromatic carboxylic acids is 1. The van der Waals surface area contributed by atoms with Crippen molar-refractivity contribution < 1.29 is 23.8 Å². The molecule has 0 unspecified atom stereocenters. The number of carboxylic acid groups (broad SMARTS) is 1. The van der Waals surface area contributed by atoms with E-state index in [0.29, 0.717) is 40.4 Å². The summed E-state index contributed by atoms with van der Waals surface area (Å²) in [5, 5.41) is 18.9. The first kappa shape index (κ1) is 22.9. The number of nitrogens with zero attached hydrogens (tertiary/aromatic N) is 1. The minimum atomic E-state index is -1.04. The predicted octanol–water partition coefficient (Wildman–Crippen LogP) is 6.22. The second-order valence-corrected chi connectivity index (χ2v) is 7.14. The first-order valence-electron chi connectivity index (χ1n) is 9.70. The zero-order chi connectivity index (χ0) is 23.1. The zero-order valence-corrected chi connectivity index (χ0v) is 17.9. The average molecular weight is 452 g/mol. The van der Waals surface area contributed by atoms with Gasteiger partial charge in [0.2, 0.25) is 0 Å². The highest BCUT2D eigenvalue weighted by atomic mass is 35.5. The molecule has 7 heteroatoms. The van der Waals surface area contributed by atoms with Crippen LogP contribution in [0.25, 0.3) is 11.6 Å². The number of hydrogen-bond donors (Lipinski definition) is 1. The lowest BCUT2D eigenvalue weighted by Gasteiger charge is -2.15. The van der Waals surface area contributed by atoms with Gasteiger partial charge in [0.05, 0.1) is 28.8 Å². The van der Waals surface area contributed by atoms with E-state index in [0.717, 1.165) is 0 Å². The Labute approximate surface area is 189 Å². The predicted molar refractivity (Wildman–Crippen MR) is 120 cm³/mol. The monoisotopic (exact) mass is 451 g/mol. The molecule has 0 radical (unpaired) electrons. The summed E-state index contributed by atoms with van der Waals surface area (Å²) in [5.74, 6) is -0.690.